The highest BCUT2D eigenvalue weighted by Crippen LogP contribution is 2.43. The van der Waals surface area contributed by atoms with Crippen molar-refractivity contribution in [1.82, 2.24) is 10.6 Å². The Kier molecular flexibility index (Phi) is 3.29. The Hall–Kier alpha value is -0.570. The van der Waals surface area contributed by atoms with Crippen LogP contribution in [0.3, 0.4) is 0 Å². The van der Waals surface area contributed by atoms with Crippen LogP contribution in [-0.4, -0.2) is 25.5 Å². The summed E-state index contributed by atoms with van der Waals surface area (Å²) in [4.78, 5) is 11.6. The first-order valence-electron chi connectivity index (χ1n) is 6.21. The van der Waals surface area contributed by atoms with Crippen LogP contribution in [0.2, 0.25) is 0 Å². The Labute approximate surface area is 92.0 Å². The Morgan fingerprint density at radius 3 is 2.60 bits per heavy atom. The lowest BCUT2D eigenvalue weighted by molar-refractivity contribution is -0.123. The molecule has 0 spiro atoms. The molecule has 0 aromatic rings. The van der Waals surface area contributed by atoms with E-state index >= 15 is 0 Å². The maximum atomic E-state index is 11.6. The van der Waals surface area contributed by atoms with Gasteiger partial charge in [0.25, 0.3) is 0 Å². The molecule has 3 nitrogen and oxygen atoms in total. The molecule has 0 radical (unpaired) electrons. The highest BCUT2D eigenvalue weighted by Gasteiger charge is 2.35. The van der Waals surface area contributed by atoms with E-state index in [0.29, 0.717) is 17.8 Å². The van der Waals surface area contributed by atoms with E-state index in [4.69, 9.17) is 0 Å². The molecule has 1 saturated heterocycles. The van der Waals surface area contributed by atoms with Crippen LogP contribution in [0.4, 0.5) is 0 Å². The van der Waals surface area contributed by atoms with Gasteiger partial charge in [-0.05, 0) is 43.7 Å². The minimum Gasteiger partial charge on any atom is -0.356 e. The summed E-state index contributed by atoms with van der Waals surface area (Å²) in [6.45, 7) is 5.18. The minimum absolute atomic E-state index is 0.251. The predicted octanol–water partition coefficient (Wildman–Crippen LogP) is 1.29. The second kappa shape index (κ2) is 4.52. The molecule has 2 aliphatic rings. The zero-order chi connectivity index (χ0) is 10.7. The molecule has 0 aromatic heterocycles. The fraction of sp³-hybridized carbons (Fsp3) is 0.917. The molecular formula is C12H22N2O. The molecule has 1 aliphatic carbocycles. The molecule has 86 valence electrons. The van der Waals surface area contributed by atoms with E-state index in [-0.39, 0.29) is 5.91 Å². The number of carbonyl (C=O) groups is 1. The Bertz CT molecular complexity index is 226. The van der Waals surface area contributed by atoms with Crippen molar-refractivity contribution in [3.8, 4) is 0 Å². The second-order valence-electron chi connectivity index (χ2n) is 5.21. The molecule has 1 saturated carbocycles. The van der Waals surface area contributed by atoms with Gasteiger partial charge in [0.1, 0.15) is 0 Å². The monoisotopic (exact) mass is 210 g/mol. The fourth-order valence-electron chi connectivity index (χ4n) is 2.45. The highest BCUT2D eigenvalue weighted by molar-refractivity contribution is 5.76. The van der Waals surface area contributed by atoms with Gasteiger partial charge in [-0.1, -0.05) is 13.3 Å². The molecule has 2 N–H and O–H groups in total. The number of nitrogens with one attached hydrogen (secondary N) is 2. The largest absolute Gasteiger partial charge is 0.356 e. The van der Waals surface area contributed by atoms with Crippen molar-refractivity contribution in [2.24, 2.45) is 11.3 Å². The van der Waals surface area contributed by atoms with E-state index in [1.54, 1.807) is 0 Å². The summed E-state index contributed by atoms with van der Waals surface area (Å²) in [6, 6.07) is 0. The quantitative estimate of drug-likeness (QED) is 0.718. The molecule has 1 amide bonds. The molecule has 0 aromatic carbocycles. The summed E-state index contributed by atoms with van der Waals surface area (Å²) in [5, 5.41) is 6.30. The zero-order valence-corrected chi connectivity index (χ0v) is 9.64. The third-order valence-electron chi connectivity index (χ3n) is 4.16. The van der Waals surface area contributed by atoms with Crippen LogP contribution < -0.4 is 10.6 Å². The summed E-state index contributed by atoms with van der Waals surface area (Å²) in [5.41, 5.74) is 0.452. The molecule has 2 rings (SSSR count). The van der Waals surface area contributed by atoms with E-state index in [1.807, 2.05) is 0 Å². The van der Waals surface area contributed by atoms with Crippen molar-refractivity contribution < 1.29 is 4.79 Å². The third-order valence-corrected chi connectivity index (χ3v) is 4.16. The maximum Gasteiger partial charge on any atom is 0.220 e. The van der Waals surface area contributed by atoms with E-state index in [0.717, 1.165) is 19.6 Å². The number of hydrogen-bond donors (Lipinski definition) is 2. The van der Waals surface area contributed by atoms with Gasteiger partial charge in [0.15, 0.2) is 0 Å². The SMILES string of the molecule is CCC1(CNC(=O)CC2CNC2)CCC1. The van der Waals surface area contributed by atoms with E-state index < -0.39 is 0 Å². The van der Waals surface area contributed by atoms with Gasteiger partial charge in [0.05, 0.1) is 0 Å². The summed E-state index contributed by atoms with van der Waals surface area (Å²) < 4.78 is 0. The highest BCUT2D eigenvalue weighted by atomic mass is 16.1. The van der Waals surface area contributed by atoms with Crippen LogP contribution in [0.15, 0.2) is 0 Å². The maximum absolute atomic E-state index is 11.6. The Morgan fingerprint density at radius 2 is 2.20 bits per heavy atom. The molecule has 1 aliphatic heterocycles. The first-order valence-corrected chi connectivity index (χ1v) is 6.21. The van der Waals surface area contributed by atoms with Gasteiger partial charge in [-0.15, -0.1) is 0 Å². The van der Waals surface area contributed by atoms with Crippen LogP contribution in [-0.2, 0) is 4.79 Å². The minimum atomic E-state index is 0.251. The van der Waals surface area contributed by atoms with Crippen molar-refractivity contribution in [3.05, 3.63) is 0 Å². The number of amides is 1. The molecule has 0 atom stereocenters. The van der Waals surface area contributed by atoms with Crippen LogP contribution >= 0.6 is 0 Å². The van der Waals surface area contributed by atoms with E-state index in [2.05, 4.69) is 17.6 Å². The number of rotatable bonds is 5. The van der Waals surface area contributed by atoms with Gasteiger partial charge in [-0.25, -0.2) is 0 Å². The first kappa shape index (κ1) is 10.9. The smallest absolute Gasteiger partial charge is 0.220 e. The van der Waals surface area contributed by atoms with Gasteiger partial charge in [0, 0.05) is 13.0 Å². The van der Waals surface area contributed by atoms with Crippen molar-refractivity contribution in [1.29, 1.82) is 0 Å². The molecule has 0 unspecified atom stereocenters. The lowest BCUT2D eigenvalue weighted by atomic mass is 9.67. The summed E-state index contributed by atoms with van der Waals surface area (Å²) in [7, 11) is 0. The van der Waals surface area contributed by atoms with Crippen molar-refractivity contribution in [3.63, 3.8) is 0 Å². The summed E-state index contributed by atoms with van der Waals surface area (Å²) in [6.07, 6.45) is 5.87. The van der Waals surface area contributed by atoms with Crippen LogP contribution in [0.1, 0.15) is 39.0 Å². The van der Waals surface area contributed by atoms with Crippen LogP contribution in [0, 0.1) is 11.3 Å². The lowest BCUT2D eigenvalue weighted by Gasteiger charge is -2.41. The van der Waals surface area contributed by atoms with Crippen molar-refractivity contribution >= 4 is 5.91 Å². The average molecular weight is 210 g/mol. The second-order valence-corrected chi connectivity index (χ2v) is 5.21. The van der Waals surface area contributed by atoms with Crippen molar-refractivity contribution in [2.45, 2.75) is 39.0 Å². The van der Waals surface area contributed by atoms with Gasteiger partial charge >= 0.3 is 0 Å². The molecular weight excluding hydrogens is 188 g/mol. The third kappa shape index (κ3) is 2.51. The molecule has 15 heavy (non-hydrogen) atoms. The van der Waals surface area contributed by atoms with E-state index in [1.165, 1.54) is 25.7 Å². The van der Waals surface area contributed by atoms with Crippen LogP contribution in [0.25, 0.3) is 0 Å². The lowest BCUT2D eigenvalue weighted by Crippen LogP contribution is -2.46. The average Bonchev–Trinajstić information content (AvgIpc) is 2.10. The molecule has 0 bridgehead atoms. The molecule has 3 heteroatoms. The number of carbonyl (C=O) groups excluding carboxylic acids is 1. The zero-order valence-electron chi connectivity index (χ0n) is 9.64. The van der Waals surface area contributed by atoms with Crippen molar-refractivity contribution in [2.75, 3.05) is 19.6 Å². The molecule has 2 fully saturated rings. The Balaban J connectivity index is 1.65. The topological polar surface area (TPSA) is 41.1 Å². The van der Waals surface area contributed by atoms with Gasteiger partial charge in [-0.2, -0.15) is 0 Å². The summed E-state index contributed by atoms with van der Waals surface area (Å²) >= 11 is 0. The van der Waals surface area contributed by atoms with Gasteiger partial charge < -0.3 is 10.6 Å². The van der Waals surface area contributed by atoms with E-state index in [9.17, 15) is 4.79 Å². The first-order chi connectivity index (χ1) is 7.24. The van der Waals surface area contributed by atoms with Gasteiger partial charge in [0.2, 0.25) is 5.91 Å². The Morgan fingerprint density at radius 1 is 1.47 bits per heavy atom. The van der Waals surface area contributed by atoms with Gasteiger partial charge in [-0.3, -0.25) is 4.79 Å². The predicted molar refractivity (Wildman–Crippen MR) is 60.6 cm³/mol. The molecule has 1 heterocycles. The normalized spacial score (nSPS) is 24.1. The summed E-state index contributed by atoms with van der Waals surface area (Å²) in [5.74, 6) is 0.838. The van der Waals surface area contributed by atoms with Crippen LogP contribution in [0.5, 0.6) is 0 Å². The fourth-order valence-corrected chi connectivity index (χ4v) is 2.45. The standard InChI is InChI=1S/C12H22N2O/c1-2-12(4-3-5-12)9-14-11(15)6-10-7-13-8-10/h10,13H,2-9H2,1H3,(H,14,15). The number of hydrogen-bond acceptors (Lipinski definition) is 2.